The molecule has 4 aromatic rings. The molecule has 0 saturated heterocycles. The predicted molar refractivity (Wildman–Crippen MR) is 130 cm³/mol. The molecule has 0 atom stereocenters. The van der Waals surface area contributed by atoms with Crippen LogP contribution in [0, 0.1) is 38.5 Å². The lowest BCUT2D eigenvalue weighted by atomic mass is 10.1. The summed E-state index contributed by atoms with van der Waals surface area (Å²) in [5.74, 6) is 1.64. The predicted octanol–water partition coefficient (Wildman–Crippen LogP) is 4.21. The van der Waals surface area contributed by atoms with Gasteiger partial charge in [0.1, 0.15) is 18.0 Å². The SMILES string of the molecule is Cc1ccc(-c2nn(CC3CC3)c(Nc3cc(-n4nc(C)c(C(=O)N=O)c4C)ncn3)c2C)cn1. The molecule has 4 aromatic heterocycles. The highest BCUT2D eigenvalue weighted by molar-refractivity contribution is 5.97. The highest BCUT2D eigenvalue weighted by Crippen LogP contribution is 2.35. The third-order valence-electron chi connectivity index (χ3n) is 6.21. The van der Waals surface area contributed by atoms with Gasteiger partial charge in [0.2, 0.25) is 0 Å². The monoisotopic (exact) mass is 471 g/mol. The number of nitrogens with zero attached hydrogens (tertiary/aromatic N) is 8. The van der Waals surface area contributed by atoms with Crippen LogP contribution in [-0.4, -0.2) is 40.4 Å². The molecule has 1 saturated carbocycles. The summed E-state index contributed by atoms with van der Waals surface area (Å²) >= 11 is 0. The molecule has 1 aliphatic rings. The lowest BCUT2D eigenvalue weighted by Gasteiger charge is -2.11. The first kappa shape index (κ1) is 22.5. The number of hydrogen-bond donors (Lipinski definition) is 1. The van der Waals surface area contributed by atoms with Gasteiger partial charge in [-0.3, -0.25) is 9.78 Å². The van der Waals surface area contributed by atoms with Crippen molar-refractivity contribution in [2.24, 2.45) is 11.1 Å². The summed E-state index contributed by atoms with van der Waals surface area (Å²) in [6.07, 6.45) is 5.67. The highest BCUT2D eigenvalue weighted by Gasteiger charge is 2.26. The van der Waals surface area contributed by atoms with Crippen molar-refractivity contribution in [2.75, 3.05) is 5.32 Å². The number of amides is 1. The number of rotatable bonds is 7. The van der Waals surface area contributed by atoms with Crippen LogP contribution in [0.25, 0.3) is 17.1 Å². The van der Waals surface area contributed by atoms with Gasteiger partial charge in [-0.05, 0) is 58.6 Å². The van der Waals surface area contributed by atoms with Crippen LogP contribution in [0.5, 0.6) is 0 Å². The zero-order valence-corrected chi connectivity index (χ0v) is 20.0. The summed E-state index contributed by atoms with van der Waals surface area (Å²) < 4.78 is 3.51. The van der Waals surface area contributed by atoms with Crippen molar-refractivity contribution < 1.29 is 4.79 Å². The number of carbonyl (C=O) groups excluding carboxylic acids is 1. The van der Waals surface area contributed by atoms with Gasteiger partial charge in [0.15, 0.2) is 5.82 Å². The Morgan fingerprint density at radius 1 is 1.11 bits per heavy atom. The molecule has 0 spiro atoms. The Bertz CT molecular complexity index is 1430. The van der Waals surface area contributed by atoms with Gasteiger partial charge in [-0.2, -0.15) is 10.2 Å². The van der Waals surface area contributed by atoms with Crippen molar-refractivity contribution in [3.63, 3.8) is 0 Å². The molecule has 11 heteroatoms. The average Bonchev–Trinajstić information content (AvgIpc) is 3.56. The summed E-state index contributed by atoms with van der Waals surface area (Å²) in [5.41, 5.74) is 4.86. The van der Waals surface area contributed by atoms with Crippen LogP contribution < -0.4 is 5.32 Å². The zero-order chi connectivity index (χ0) is 24.7. The fourth-order valence-corrected chi connectivity index (χ4v) is 4.14. The quantitative estimate of drug-likeness (QED) is 0.396. The van der Waals surface area contributed by atoms with E-state index in [0.29, 0.717) is 28.9 Å². The van der Waals surface area contributed by atoms with E-state index in [1.807, 2.05) is 36.9 Å². The molecule has 0 aromatic carbocycles. The zero-order valence-electron chi connectivity index (χ0n) is 20.0. The molecule has 0 radical (unpaired) electrons. The van der Waals surface area contributed by atoms with Gasteiger partial charge in [0.25, 0.3) is 0 Å². The maximum atomic E-state index is 11.9. The maximum absolute atomic E-state index is 11.9. The molecule has 0 bridgehead atoms. The van der Waals surface area contributed by atoms with Crippen LogP contribution in [0.1, 0.15) is 45.8 Å². The minimum Gasteiger partial charge on any atom is -0.325 e. The van der Waals surface area contributed by atoms with Gasteiger partial charge < -0.3 is 5.32 Å². The van der Waals surface area contributed by atoms with Crippen LogP contribution >= 0.6 is 0 Å². The number of nitrogens with one attached hydrogen (secondary N) is 1. The van der Waals surface area contributed by atoms with E-state index in [0.717, 1.165) is 34.9 Å². The number of anilines is 2. The van der Waals surface area contributed by atoms with E-state index in [2.05, 4.69) is 30.5 Å². The second-order valence-corrected chi connectivity index (χ2v) is 8.88. The number of nitroso groups, excluding NO2 is 1. The van der Waals surface area contributed by atoms with Gasteiger partial charge >= 0.3 is 5.91 Å². The van der Waals surface area contributed by atoms with Crippen molar-refractivity contribution in [1.29, 1.82) is 0 Å². The molecule has 1 N–H and O–H groups in total. The Morgan fingerprint density at radius 3 is 2.60 bits per heavy atom. The number of carbonyl (C=O) groups is 1. The molecular weight excluding hydrogens is 446 g/mol. The van der Waals surface area contributed by atoms with E-state index >= 15 is 0 Å². The second kappa shape index (κ2) is 8.82. The number of hydrogen-bond acceptors (Lipinski definition) is 8. The molecular formula is C24H25N9O2. The smallest absolute Gasteiger partial charge is 0.320 e. The molecule has 11 nitrogen and oxygen atoms in total. The van der Waals surface area contributed by atoms with Crippen molar-refractivity contribution in [1.82, 2.24) is 34.5 Å². The van der Waals surface area contributed by atoms with E-state index in [1.165, 1.54) is 23.9 Å². The Labute approximate surface area is 201 Å². The molecule has 1 aliphatic carbocycles. The van der Waals surface area contributed by atoms with Crippen LogP contribution in [-0.2, 0) is 6.54 Å². The minimum absolute atomic E-state index is 0.183. The summed E-state index contributed by atoms with van der Waals surface area (Å²) in [5, 5.41) is 15.2. The Balaban J connectivity index is 1.51. The van der Waals surface area contributed by atoms with Crippen molar-refractivity contribution >= 4 is 17.5 Å². The van der Waals surface area contributed by atoms with Crippen LogP contribution in [0.3, 0.4) is 0 Å². The van der Waals surface area contributed by atoms with Crippen LogP contribution in [0.4, 0.5) is 11.6 Å². The summed E-state index contributed by atoms with van der Waals surface area (Å²) in [7, 11) is 0. The number of pyridine rings is 1. The van der Waals surface area contributed by atoms with Gasteiger partial charge in [0, 0.05) is 40.8 Å². The molecule has 0 unspecified atom stereocenters. The van der Waals surface area contributed by atoms with Gasteiger partial charge in [-0.1, -0.05) is 0 Å². The largest absolute Gasteiger partial charge is 0.325 e. The summed E-state index contributed by atoms with van der Waals surface area (Å²) in [6.45, 7) is 8.16. The molecule has 0 aliphatic heterocycles. The number of aryl methyl sites for hydroxylation is 2. The Hall–Kier alpha value is -4.28. The van der Waals surface area contributed by atoms with Crippen molar-refractivity contribution in [3.8, 4) is 17.1 Å². The average molecular weight is 472 g/mol. The van der Waals surface area contributed by atoms with Crippen LogP contribution in [0.15, 0.2) is 35.9 Å². The Kier molecular flexibility index (Phi) is 5.67. The van der Waals surface area contributed by atoms with E-state index in [4.69, 9.17) is 5.10 Å². The fourth-order valence-electron chi connectivity index (χ4n) is 4.14. The maximum Gasteiger partial charge on any atom is 0.320 e. The molecule has 35 heavy (non-hydrogen) atoms. The van der Waals surface area contributed by atoms with E-state index in [9.17, 15) is 9.70 Å². The van der Waals surface area contributed by atoms with E-state index < -0.39 is 5.91 Å². The van der Waals surface area contributed by atoms with E-state index in [-0.39, 0.29) is 5.56 Å². The first-order valence-electron chi connectivity index (χ1n) is 11.4. The molecule has 1 fully saturated rings. The molecule has 4 heterocycles. The summed E-state index contributed by atoms with van der Waals surface area (Å²) in [6, 6.07) is 5.75. The van der Waals surface area contributed by atoms with Gasteiger partial charge in [-0.15, -0.1) is 4.91 Å². The summed E-state index contributed by atoms with van der Waals surface area (Å²) in [4.78, 5) is 35.8. The molecule has 1 amide bonds. The topological polar surface area (TPSA) is 133 Å². The second-order valence-electron chi connectivity index (χ2n) is 8.88. The Morgan fingerprint density at radius 2 is 1.91 bits per heavy atom. The van der Waals surface area contributed by atoms with E-state index in [1.54, 1.807) is 19.9 Å². The van der Waals surface area contributed by atoms with Crippen molar-refractivity contribution in [2.45, 2.75) is 47.1 Å². The normalized spacial score (nSPS) is 13.1. The standard InChI is InChI=1S/C24H25N9O2/c1-13-5-8-18(10-25-13)22-14(2)23(32(30-22)11-17-6-7-17)28-19-9-20(27-12-26-19)33-16(4)21(15(3)29-33)24(34)31-35/h5,8-10,12,17H,6-7,11H2,1-4H3,(H,26,27,28). The first-order valence-corrected chi connectivity index (χ1v) is 11.4. The first-order chi connectivity index (χ1) is 16.9. The molecule has 5 rings (SSSR count). The number of aromatic nitrogens is 7. The highest BCUT2D eigenvalue weighted by atomic mass is 16.3. The van der Waals surface area contributed by atoms with Gasteiger partial charge in [0.05, 0.1) is 22.6 Å². The lowest BCUT2D eigenvalue weighted by molar-refractivity contribution is 0.0999. The minimum atomic E-state index is -0.851. The lowest BCUT2D eigenvalue weighted by Crippen LogP contribution is -2.09. The third kappa shape index (κ3) is 4.32. The van der Waals surface area contributed by atoms with Gasteiger partial charge in [-0.25, -0.2) is 19.3 Å². The third-order valence-corrected chi connectivity index (χ3v) is 6.21. The fraction of sp³-hybridized carbons (Fsp3) is 0.333. The van der Waals surface area contributed by atoms with Crippen LogP contribution in [0.2, 0.25) is 0 Å². The molecule has 178 valence electrons. The van der Waals surface area contributed by atoms with Crippen molar-refractivity contribution in [3.05, 3.63) is 63.8 Å².